The summed E-state index contributed by atoms with van der Waals surface area (Å²) in [6, 6.07) is 3.42. The van der Waals surface area contributed by atoms with E-state index in [1.165, 1.54) is 43.4 Å². The minimum atomic E-state index is -1.12. The van der Waals surface area contributed by atoms with Gasteiger partial charge in [-0.25, -0.2) is 0 Å². The average molecular weight is 402 g/mol. The van der Waals surface area contributed by atoms with Crippen LogP contribution in [0.15, 0.2) is 17.1 Å². The molecular formula is C22H35N3O2Si. The van der Waals surface area contributed by atoms with Gasteiger partial charge in [0.25, 0.3) is 5.56 Å². The lowest BCUT2D eigenvalue weighted by Gasteiger charge is -2.27. The molecule has 0 spiro atoms. The SMILES string of the molecule is C[Si](C)(C)CCOCn1c(CN2CCCCC2)cc2c(C3CC3)c[nH]c(=O)c21. The predicted molar refractivity (Wildman–Crippen MR) is 118 cm³/mol. The molecule has 28 heavy (non-hydrogen) atoms. The van der Waals surface area contributed by atoms with E-state index in [1.54, 1.807) is 0 Å². The highest BCUT2D eigenvalue weighted by Gasteiger charge is 2.28. The van der Waals surface area contributed by atoms with Crippen LogP contribution in [0.5, 0.6) is 0 Å². The molecule has 154 valence electrons. The Morgan fingerprint density at radius 3 is 2.61 bits per heavy atom. The van der Waals surface area contributed by atoms with E-state index in [9.17, 15) is 4.79 Å². The van der Waals surface area contributed by atoms with Crippen molar-refractivity contribution in [1.82, 2.24) is 14.5 Å². The van der Waals surface area contributed by atoms with Gasteiger partial charge in [-0.1, -0.05) is 26.1 Å². The monoisotopic (exact) mass is 401 g/mol. The summed E-state index contributed by atoms with van der Waals surface area (Å²) in [5.41, 5.74) is 3.36. The quantitative estimate of drug-likeness (QED) is 0.523. The molecule has 4 rings (SSSR count). The standard InChI is InChI=1S/C22H35N3O2Si/c1-28(2,3)12-11-27-16-25-18(15-24-9-5-4-6-10-24)13-19-20(17-7-8-17)14-23-22(26)21(19)25/h13-14,17H,4-12,15-16H2,1-3H3,(H,23,26). The molecule has 0 unspecified atom stereocenters. The van der Waals surface area contributed by atoms with Crippen LogP contribution in [0.1, 0.15) is 49.3 Å². The summed E-state index contributed by atoms with van der Waals surface area (Å²) in [7, 11) is -1.12. The third-order valence-corrected chi connectivity index (χ3v) is 7.84. The van der Waals surface area contributed by atoms with E-state index >= 15 is 0 Å². The van der Waals surface area contributed by atoms with Gasteiger partial charge in [-0.05, 0) is 62.4 Å². The van der Waals surface area contributed by atoms with E-state index in [2.05, 4.69) is 40.2 Å². The molecule has 0 aromatic carbocycles. The molecule has 0 atom stereocenters. The van der Waals surface area contributed by atoms with Crippen LogP contribution in [0, 0.1) is 0 Å². The molecule has 6 heteroatoms. The number of ether oxygens (including phenoxy) is 1. The second-order valence-electron chi connectivity index (χ2n) is 9.86. The molecule has 0 radical (unpaired) electrons. The van der Waals surface area contributed by atoms with Crippen LogP contribution in [0.4, 0.5) is 0 Å². The van der Waals surface area contributed by atoms with Gasteiger partial charge >= 0.3 is 0 Å². The van der Waals surface area contributed by atoms with E-state index in [0.717, 1.165) is 43.2 Å². The first kappa shape index (κ1) is 19.9. The van der Waals surface area contributed by atoms with E-state index in [1.807, 2.05) is 6.20 Å². The predicted octanol–water partition coefficient (Wildman–Crippen LogP) is 4.51. The van der Waals surface area contributed by atoms with E-state index in [-0.39, 0.29) is 5.56 Å². The Kier molecular flexibility index (Phi) is 5.81. The third kappa shape index (κ3) is 4.61. The Morgan fingerprint density at radius 1 is 1.18 bits per heavy atom. The fraction of sp³-hybridized carbons (Fsp3) is 0.682. The molecule has 1 saturated carbocycles. The molecule has 1 aliphatic heterocycles. The Balaban J connectivity index is 1.63. The van der Waals surface area contributed by atoms with Crippen LogP contribution < -0.4 is 5.56 Å². The van der Waals surface area contributed by atoms with Crippen molar-refractivity contribution in [3.05, 3.63) is 33.9 Å². The Labute approximate surface area is 169 Å². The topological polar surface area (TPSA) is 50.3 Å². The fourth-order valence-corrected chi connectivity index (χ4v) is 5.00. The Hall–Kier alpha value is -1.37. The molecule has 0 bridgehead atoms. The second kappa shape index (κ2) is 8.17. The molecule has 2 fully saturated rings. The average Bonchev–Trinajstić information content (AvgIpc) is 3.42. The highest BCUT2D eigenvalue weighted by atomic mass is 28.3. The van der Waals surface area contributed by atoms with Crippen molar-refractivity contribution >= 4 is 19.0 Å². The van der Waals surface area contributed by atoms with Crippen molar-refractivity contribution in [2.75, 3.05) is 19.7 Å². The zero-order valence-electron chi connectivity index (χ0n) is 17.7. The van der Waals surface area contributed by atoms with Crippen molar-refractivity contribution < 1.29 is 4.74 Å². The van der Waals surface area contributed by atoms with Crippen molar-refractivity contribution in [3.63, 3.8) is 0 Å². The lowest BCUT2D eigenvalue weighted by molar-refractivity contribution is 0.0857. The zero-order chi connectivity index (χ0) is 19.7. The molecule has 2 aromatic heterocycles. The molecule has 1 N–H and O–H groups in total. The highest BCUT2D eigenvalue weighted by molar-refractivity contribution is 6.76. The van der Waals surface area contributed by atoms with Crippen LogP contribution in [-0.2, 0) is 18.0 Å². The normalized spacial score (nSPS) is 18.8. The van der Waals surface area contributed by atoms with E-state index < -0.39 is 8.07 Å². The van der Waals surface area contributed by atoms with Gasteiger partial charge in [0, 0.05) is 38.5 Å². The molecule has 1 saturated heterocycles. The smallest absolute Gasteiger partial charge is 0.272 e. The summed E-state index contributed by atoms with van der Waals surface area (Å²) in [4.78, 5) is 18.3. The fourth-order valence-electron chi connectivity index (χ4n) is 4.25. The van der Waals surface area contributed by atoms with Crippen molar-refractivity contribution in [2.45, 2.75) is 77.0 Å². The third-order valence-electron chi connectivity index (χ3n) is 6.14. The van der Waals surface area contributed by atoms with Crippen LogP contribution in [0.3, 0.4) is 0 Å². The van der Waals surface area contributed by atoms with E-state index in [4.69, 9.17) is 4.74 Å². The summed E-state index contributed by atoms with van der Waals surface area (Å²) < 4.78 is 8.24. The van der Waals surface area contributed by atoms with Gasteiger partial charge in [0.1, 0.15) is 12.2 Å². The number of aromatic amines is 1. The lowest BCUT2D eigenvalue weighted by Crippen LogP contribution is -2.30. The molecule has 5 nitrogen and oxygen atoms in total. The first-order valence-electron chi connectivity index (χ1n) is 11.0. The number of hydrogen-bond donors (Lipinski definition) is 1. The number of fused-ring (bicyclic) bond motifs is 1. The maximum atomic E-state index is 12.8. The minimum absolute atomic E-state index is 0.0121. The number of nitrogens with zero attached hydrogens (tertiary/aromatic N) is 2. The highest BCUT2D eigenvalue weighted by Crippen LogP contribution is 2.42. The molecule has 2 aromatic rings. The lowest BCUT2D eigenvalue weighted by atomic mass is 10.1. The van der Waals surface area contributed by atoms with Crippen molar-refractivity contribution in [1.29, 1.82) is 0 Å². The Bertz CT molecular complexity index is 870. The molecular weight excluding hydrogens is 366 g/mol. The summed E-state index contributed by atoms with van der Waals surface area (Å²) in [5, 5.41) is 1.15. The van der Waals surface area contributed by atoms with Gasteiger partial charge < -0.3 is 14.3 Å². The van der Waals surface area contributed by atoms with Crippen LogP contribution in [0.25, 0.3) is 10.9 Å². The summed E-state index contributed by atoms with van der Waals surface area (Å²) in [5.74, 6) is 0.617. The van der Waals surface area contributed by atoms with Gasteiger partial charge in [0.05, 0.1) is 0 Å². The molecule has 0 amide bonds. The molecule has 1 aliphatic carbocycles. The summed E-state index contributed by atoms with van der Waals surface area (Å²) in [6.45, 7) is 11.6. The number of rotatable bonds is 8. The number of hydrogen-bond acceptors (Lipinski definition) is 3. The summed E-state index contributed by atoms with van der Waals surface area (Å²) >= 11 is 0. The second-order valence-corrected chi connectivity index (χ2v) is 15.5. The Morgan fingerprint density at radius 2 is 1.93 bits per heavy atom. The number of nitrogens with one attached hydrogen (secondary N) is 1. The van der Waals surface area contributed by atoms with Gasteiger partial charge in [0.15, 0.2) is 0 Å². The van der Waals surface area contributed by atoms with Crippen molar-refractivity contribution in [2.24, 2.45) is 0 Å². The van der Waals surface area contributed by atoms with Crippen molar-refractivity contribution in [3.8, 4) is 0 Å². The number of aromatic nitrogens is 2. The maximum absolute atomic E-state index is 12.8. The van der Waals surface area contributed by atoms with Crippen LogP contribution in [0.2, 0.25) is 25.7 Å². The number of pyridine rings is 1. The van der Waals surface area contributed by atoms with E-state index in [0.29, 0.717) is 12.6 Å². The number of H-pyrrole nitrogens is 1. The largest absolute Gasteiger partial charge is 0.361 e. The molecule has 3 heterocycles. The van der Waals surface area contributed by atoms with Gasteiger partial charge in [-0.2, -0.15) is 0 Å². The number of likely N-dealkylation sites (tertiary alicyclic amines) is 1. The van der Waals surface area contributed by atoms with Gasteiger partial charge in [-0.15, -0.1) is 0 Å². The minimum Gasteiger partial charge on any atom is -0.361 e. The number of piperidine rings is 1. The first-order chi connectivity index (χ1) is 13.4. The first-order valence-corrected chi connectivity index (χ1v) is 14.7. The van der Waals surface area contributed by atoms with Crippen LogP contribution in [-0.4, -0.2) is 42.2 Å². The maximum Gasteiger partial charge on any atom is 0.272 e. The summed E-state index contributed by atoms with van der Waals surface area (Å²) in [6.07, 6.45) is 8.32. The van der Waals surface area contributed by atoms with Gasteiger partial charge in [0.2, 0.25) is 0 Å². The van der Waals surface area contributed by atoms with Crippen LogP contribution >= 0.6 is 0 Å². The molecule has 2 aliphatic rings. The van der Waals surface area contributed by atoms with Gasteiger partial charge in [-0.3, -0.25) is 9.69 Å². The zero-order valence-corrected chi connectivity index (χ0v) is 18.7.